The third-order valence-corrected chi connectivity index (χ3v) is 5.00. The summed E-state index contributed by atoms with van der Waals surface area (Å²) in [6.45, 7) is 3.88. The molecule has 1 aliphatic rings. The molecule has 27 heavy (non-hydrogen) atoms. The van der Waals surface area contributed by atoms with Gasteiger partial charge >= 0.3 is 0 Å². The van der Waals surface area contributed by atoms with Crippen molar-refractivity contribution >= 4 is 40.8 Å². The summed E-state index contributed by atoms with van der Waals surface area (Å²) in [5.41, 5.74) is 4.79. The standard InChI is InChI=1S/C21H23N5O/c1-25-9-11-26(12-10-25)21-14-19-17(13-20(21)22-15-27)18(23-24-19)8-7-16-5-3-2-4-6-16/h2-8,13-15H,9-12H2,1H3,(H,22,27)(H,23,24)/b8-7+. The minimum atomic E-state index is 0.736. The maximum absolute atomic E-state index is 11.2. The molecule has 4 rings (SSSR count). The third kappa shape index (κ3) is 3.71. The van der Waals surface area contributed by atoms with E-state index >= 15 is 0 Å². The molecule has 138 valence electrons. The maximum Gasteiger partial charge on any atom is 0.211 e. The average molecular weight is 361 g/mol. The van der Waals surface area contributed by atoms with Crippen LogP contribution in [0.4, 0.5) is 11.4 Å². The van der Waals surface area contributed by atoms with Crippen LogP contribution in [0.1, 0.15) is 11.3 Å². The van der Waals surface area contributed by atoms with Gasteiger partial charge in [0.15, 0.2) is 0 Å². The Bertz CT molecular complexity index is 955. The summed E-state index contributed by atoms with van der Waals surface area (Å²) in [5, 5.41) is 11.4. The van der Waals surface area contributed by atoms with Crippen molar-refractivity contribution in [2.24, 2.45) is 0 Å². The first-order valence-electron chi connectivity index (χ1n) is 9.13. The molecule has 6 nitrogen and oxygen atoms in total. The monoisotopic (exact) mass is 361 g/mol. The second kappa shape index (κ2) is 7.63. The number of likely N-dealkylation sites (N-methyl/N-ethyl adjacent to an activating group) is 1. The number of hydrogen-bond donors (Lipinski definition) is 2. The highest BCUT2D eigenvalue weighted by molar-refractivity contribution is 5.98. The Labute approximate surface area is 158 Å². The lowest BCUT2D eigenvalue weighted by Crippen LogP contribution is -2.44. The molecule has 1 saturated heterocycles. The van der Waals surface area contributed by atoms with Crippen LogP contribution in [0.15, 0.2) is 42.5 Å². The van der Waals surface area contributed by atoms with Gasteiger partial charge in [-0.3, -0.25) is 9.89 Å². The summed E-state index contributed by atoms with van der Waals surface area (Å²) in [5.74, 6) is 0. The molecular formula is C21H23N5O. The number of aromatic amines is 1. The summed E-state index contributed by atoms with van der Waals surface area (Å²) in [6, 6.07) is 14.2. The predicted molar refractivity (Wildman–Crippen MR) is 111 cm³/mol. The van der Waals surface area contributed by atoms with Crippen molar-refractivity contribution < 1.29 is 4.79 Å². The molecule has 2 N–H and O–H groups in total. The smallest absolute Gasteiger partial charge is 0.211 e. The minimum absolute atomic E-state index is 0.736. The number of anilines is 2. The van der Waals surface area contributed by atoms with Gasteiger partial charge in [-0.05, 0) is 30.8 Å². The van der Waals surface area contributed by atoms with E-state index in [2.05, 4.69) is 50.6 Å². The highest BCUT2D eigenvalue weighted by Crippen LogP contribution is 2.33. The number of carbonyl (C=O) groups is 1. The van der Waals surface area contributed by atoms with Gasteiger partial charge in [-0.25, -0.2) is 0 Å². The number of carbonyl (C=O) groups excluding carboxylic acids is 1. The molecule has 0 bridgehead atoms. The Morgan fingerprint density at radius 1 is 1.07 bits per heavy atom. The van der Waals surface area contributed by atoms with Crippen molar-refractivity contribution in [2.75, 3.05) is 43.4 Å². The third-order valence-electron chi connectivity index (χ3n) is 5.00. The van der Waals surface area contributed by atoms with Gasteiger partial charge < -0.3 is 15.1 Å². The number of H-pyrrole nitrogens is 1. The lowest BCUT2D eigenvalue weighted by Gasteiger charge is -2.35. The van der Waals surface area contributed by atoms with E-state index in [-0.39, 0.29) is 0 Å². The number of rotatable bonds is 5. The normalized spacial score (nSPS) is 15.5. The first-order valence-corrected chi connectivity index (χ1v) is 9.13. The molecule has 3 aromatic rings. The topological polar surface area (TPSA) is 64.3 Å². The SMILES string of the molecule is CN1CCN(c2cc3[nH]nc(/C=C/c4ccccc4)c3cc2NC=O)CC1. The zero-order chi connectivity index (χ0) is 18.6. The van der Waals surface area contributed by atoms with Crippen LogP contribution in [0.25, 0.3) is 23.1 Å². The van der Waals surface area contributed by atoms with Crippen molar-refractivity contribution in [2.45, 2.75) is 0 Å². The highest BCUT2D eigenvalue weighted by Gasteiger charge is 2.19. The first-order chi connectivity index (χ1) is 13.2. The number of nitrogens with zero attached hydrogens (tertiary/aromatic N) is 3. The van der Waals surface area contributed by atoms with Gasteiger partial charge in [0.2, 0.25) is 6.41 Å². The van der Waals surface area contributed by atoms with Gasteiger partial charge in [-0.15, -0.1) is 0 Å². The Balaban J connectivity index is 1.69. The van der Waals surface area contributed by atoms with E-state index in [0.29, 0.717) is 0 Å². The molecule has 0 aliphatic carbocycles. The minimum Gasteiger partial charge on any atom is -0.367 e. The van der Waals surface area contributed by atoms with Gasteiger partial charge in [0.1, 0.15) is 0 Å². The fourth-order valence-electron chi connectivity index (χ4n) is 3.43. The molecule has 1 aromatic heterocycles. The van der Waals surface area contributed by atoms with Crippen LogP contribution in [0.5, 0.6) is 0 Å². The fraction of sp³-hybridized carbons (Fsp3) is 0.238. The predicted octanol–water partition coefficient (Wildman–Crippen LogP) is 3.05. The number of nitrogens with one attached hydrogen (secondary N) is 2. The summed E-state index contributed by atoms with van der Waals surface area (Å²) in [6.07, 6.45) is 4.77. The van der Waals surface area contributed by atoms with Gasteiger partial charge in [0.25, 0.3) is 0 Å². The van der Waals surface area contributed by atoms with Gasteiger partial charge in [0, 0.05) is 31.6 Å². The number of amides is 1. The Morgan fingerprint density at radius 3 is 2.59 bits per heavy atom. The van der Waals surface area contributed by atoms with E-state index in [1.165, 1.54) is 0 Å². The molecule has 0 unspecified atom stereocenters. The van der Waals surface area contributed by atoms with Crippen LogP contribution in [0.2, 0.25) is 0 Å². The number of benzene rings is 2. The molecule has 0 atom stereocenters. The van der Waals surface area contributed by atoms with E-state index in [4.69, 9.17) is 0 Å². The van der Waals surface area contributed by atoms with E-state index in [1.54, 1.807) is 0 Å². The second-order valence-electron chi connectivity index (χ2n) is 6.82. The summed E-state index contributed by atoms with van der Waals surface area (Å²) in [7, 11) is 2.13. The lowest BCUT2D eigenvalue weighted by molar-refractivity contribution is -0.105. The first kappa shape index (κ1) is 17.3. The molecular weight excluding hydrogens is 338 g/mol. The van der Waals surface area contributed by atoms with Crippen LogP contribution < -0.4 is 10.2 Å². The second-order valence-corrected chi connectivity index (χ2v) is 6.82. The van der Waals surface area contributed by atoms with Crippen molar-refractivity contribution in [3.05, 3.63) is 53.7 Å². The molecule has 1 fully saturated rings. The zero-order valence-electron chi connectivity index (χ0n) is 15.4. The van der Waals surface area contributed by atoms with Gasteiger partial charge in [0.05, 0.1) is 22.6 Å². The van der Waals surface area contributed by atoms with E-state index in [0.717, 1.165) is 66.1 Å². The van der Waals surface area contributed by atoms with Crippen molar-refractivity contribution in [1.82, 2.24) is 15.1 Å². The Kier molecular flexibility index (Phi) is 4.89. The van der Waals surface area contributed by atoms with Crippen LogP contribution in [-0.4, -0.2) is 54.7 Å². The van der Waals surface area contributed by atoms with Crippen LogP contribution in [0, 0.1) is 0 Å². The van der Waals surface area contributed by atoms with Crippen molar-refractivity contribution in [3.8, 4) is 0 Å². The molecule has 1 aliphatic heterocycles. The average Bonchev–Trinajstić information content (AvgIpc) is 3.09. The Hall–Kier alpha value is -3.12. The Morgan fingerprint density at radius 2 is 1.85 bits per heavy atom. The maximum atomic E-state index is 11.2. The van der Waals surface area contributed by atoms with Gasteiger partial charge in [-0.2, -0.15) is 5.10 Å². The van der Waals surface area contributed by atoms with Crippen LogP contribution in [-0.2, 0) is 4.79 Å². The molecule has 0 radical (unpaired) electrons. The molecule has 0 spiro atoms. The van der Waals surface area contributed by atoms with E-state index < -0.39 is 0 Å². The van der Waals surface area contributed by atoms with Crippen molar-refractivity contribution in [3.63, 3.8) is 0 Å². The highest BCUT2D eigenvalue weighted by atomic mass is 16.1. The largest absolute Gasteiger partial charge is 0.367 e. The van der Waals surface area contributed by atoms with Crippen LogP contribution >= 0.6 is 0 Å². The van der Waals surface area contributed by atoms with E-state index in [1.807, 2.05) is 36.4 Å². The van der Waals surface area contributed by atoms with Crippen molar-refractivity contribution in [1.29, 1.82) is 0 Å². The quantitative estimate of drug-likeness (QED) is 0.686. The zero-order valence-corrected chi connectivity index (χ0v) is 15.4. The molecule has 0 saturated carbocycles. The van der Waals surface area contributed by atoms with Crippen LogP contribution in [0.3, 0.4) is 0 Å². The van der Waals surface area contributed by atoms with Gasteiger partial charge in [-0.1, -0.05) is 36.4 Å². The number of aromatic nitrogens is 2. The molecule has 2 heterocycles. The number of piperazine rings is 1. The number of hydrogen-bond acceptors (Lipinski definition) is 4. The summed E-state index contributed by atoms with van der Waals surface area (Å²) in [4.78, 5) is 15.8. The summed E-state index contributed by atoms with van der Waals surface area (Å²) >= 11 is 0. The fourth-order valence-corrected chi connectivity index (χ4v) is 3.43. The lowest BCUT2D eigenvalue weighted by atomic mass is 10.1. The van der Waals surface area contributed by atoms with E-state index in [9.17, 15) is 4.79 Å². The molecule has 1 amide bonds. The molecule has 2 aromatic carbocycles. The number of fused-ring (bicyclic) bond motifs is 1. The summed E-state index contributed by atoms with van der Waals surface area (Å²) < 4.78 is 0. The molecule has 6 heteroatoms.